The fourth-order valence-electron chi connectivity index (χ4n) is 3.76. The van der Waals surface area contributed by atoms with Gasteiger partial charge in [-0.3, -0.25) is 19.7 Å². The first kappa shape index (κ1) is 17.8. The number of rotatable bonds is 6. The average Bonchev–Trinajstić information content (AvgIpc) is 3.17. The van der Waals surface area contributed by atoms with Gasteiger partial charge in [-0.15, -0.1) is 0 Å². The molecule has 8 nitrogen and oxygen atoms in total. The van der Waals surface area contributed by atoms with Crippen LogP contribution in [0.3, 0.4) is 0 Å². The van der Waals surface area contributed by atoms with Crippen molar-refractivity contribution in [2.45, 2.75) is 32.6 Å². The Morgan fingerprint density at radius 3 is 2.50 bits per heavy atom. The molecule has 0 saturated heterocycles. The first-order chi connectivity index (χ1) is 12.4. The second kappa shape index (κ2) is 6.36. The van der Waals surface area contributed by atoms with Gasteiger partial charge in [0.05, 0.1) is 17.4 Å². The van der Waals surface area contributed by atoms with Gasteiger partial charge in [0.1, 0.15) is 11.2 Å². The van der Waals surface area contributed by atoms with Crippen LogP contribution in [-0.4, -0.2) is 28.4 Å². The molecule has 3 atom stereocenters. The summed E-state index contributed by atoms with van der Waals surface area (Å²) in [4.78, 5) is 36.2. The summed E-state index contributed by atoms with van der Waals surface area (Å²) < 4.78 is 10.4. The van der Waals surface area contributed by atoms with Gasteiger partial charge in [0.2, 0.25) is 5.76 Å². The van der Waals surface area contributed by atoms with Gasteiger partial charge in [0.25, 0.3) is 0 Å². The number of esters is 1. The summed E-state index contributed by atoms with van der Waals surface area (Å²) in [6.07, 6.45) is 0. The normalized spacial score (nSPS) is 24.1. The minimum atomic E-state index is -1.55. The molecule has 0 bridgehead atoms. The van der Waals surface area contributed by atoms with Crippen molar-refractivity contribution in [2.24, 2.45) is 5.41 Å². The number of benzene rings is 1. The van der Waals surface area contributed by atoms with E-state index in [4.69, 9.17) is 9.26 Å². The summed E-state index contributed by atoms with van der Waals surface area (Å²) in [5.41, 5.74) is -1.04. The number of nitrogens with zero attached hydrogens (tertiary/aromatic N) is 2. The van der Waals surface area contributed by atoms with Gasteiger partial charge in [0, 0.05) is 5.92 Å². The highest BCUT2D eigenvalue weighted by atomic mass is 16.6. The Bertz CT molecular complexity index is 875. The van der Waals surface area contributed by atoms with Gasteiger partial charge >= 0.3 is 11.7 Å². The Hall–Kier alpha value is -3.03. The summed E-state index contributed by atoms with van der Waals surface area (Å²) in [7, 11) is 0. The van der Waals surface area contributed by atoms with Gasteiger partial charge in [-0.05, 0) is 26.3 Å². The Kier molecular flexibility index (Phi) is 4.35. The lowest BCUT2D eigenvalue weighted by atomic mass is 9.94. The highest BCUT2D eigenvalue weighted by Crippen LogP contribution is 2.72. The largest absolute Gasteiger partial charge is 0.465 e. The summed E-state index contributed by atoms with van der Waals surface area (Å²) >= 11 is 0. The first-order valence-corrected chi connectivity index (χ1v) is 8.21. The van der Waals surface area contributed by atoms with Crippen molar-refractivity contribution in [1.29, 1.82) is 0 Å². The molecular formula is C18H18N2O6. The number of carbonyl (C=O) groups excluding carboxylic acids is 2. The van der Waals surface area contributed by atoms with Crippen molar-refractivity contribution in [3.8, 4) is 0 Å². The summed E-state index contributed by atoms with van der Waals surface area (Å²) in [5.74, 6) is -2.62. The van der Waals surface area contributed by atoms with Gasteiger partial charge in [-0.2, -0.15) is 0 Å². The van der Waals surface area contributed by atoms with Crippen LogP contribution in [0.5, 0.6) is 0 Å². The predicted octanol–water partition coefficient (Wildman–Crippen LogP) is 2.91. The van der Waals surface area contributed by atoms with Crippen LogP contribution in [0, 0.1) is 22.5 Å². The molecule has 0 aliphatic heterocycles. The molecule has 8 heteroatoms. The van der Waals surface area contributed by atoms with Crippen LogP contribution in [0.15, 0.2) is 34.9 Å². The number of Topliss-reactive ketones (excluding diaryl/α,β-unsaturated/α-hetero) is 1. The van der Waals surface area contributed by atoms with Crippen molar-refractivity contribution in [1.82, 2.24) is 5.16 Å². The average molecular weight is 358 g/mol. The van der Waals surface area contributed by atoms with Gasteiger partial charge in [-0.25, -0.2) is 0 Å². The summed E-state index contributed by atoms with van der Waals surface area (Å²) in [6.45, 7) is 4.48. The molecule has 26 heavy (non-hydrogen) atoms. The number of nitro groups is 1. The lowest BCUT2D eigenvalue weighted by Crippen LogP contribution is -2.29. The molecule has 1 aromatic carbocycles. The zero-order chi connectivity index (χ0) is 19.1. The predicted molar refractivity (Wildman–Crippen MR) is 89.6 cm³/mol. The van der Waals surface area contributed by atoms with Crippen LogP contribution >= 0.6 is 0 Å². The topological polar surface area (TPSA) is 113 Å². The summed E-state index contributed by atoms with van der Waals surface area (Å²) in [5, 5.41) is 15.1. The van der Waals surface area contributed by atoms with E-state index in [1.807, 2.05) is 6.07 Å². The zero-order valence-electron chi connectivity index (χ0n) is 14.6. The molecule has 2 aromatic rings. The monoisotopic (exact) mass is 358 g/mol. The number of aryl methyl sites for hydroxylation is 1. The Morgan fingerprint density at radius 1 is 1.31 bits per heavy atom. The third kappa shape index (κ3) is 2.40. The third-order valence-electron chi connectivity index (χ3n) is 4.88. The number of aromatic nitrogens is 1. The van der Waals surface area contributed by atoms with Crippen LogP contribution in [0.4, 0.5) is 5.69 Å². The van der Waals surface area contributed by atoms with E-state index in [2.05, 4.69) is 5.16 Å². The lowest BCUT2D eigenvalue weighted by molar-refractivity contribution is -0.386. The van der Waals surface area contributed by atoms with E-state index in [0.717, 1.165) is 0 Å². The van der Waals surface area contributed by atoms with E-state index in [1.54, 1.807) is 31.2 Å². The Morgan fingerprint density at radius 2 is 1.96 bits per heavy atom. The van der Waals surface area contributed by atoms with E-state index in [1.165, 1.54) is 13.8 Å². The molecule has 0 N–H and O–H groups in total. The maximum Gasteiger partial charge on any atom is 0.334 e. The fraction of sp³-hybridized carbons (Fsp3) is 0.389. The standard InChI is InChI=1S/C18H18N2O6/c1-4-25-17(22)18(11(3)21)13(12-8-6-5-7-9-12)14(18)16-15(20(23)24)10(2)19-26-16/h5-9,13-14H,4H2,1-3H3/t13-,14+,18-/m1/s1. The fourth-order valence-corrected chi connectivity index (χ4v) is 3.76. The zero-order valence-corrected chi connectivity index (χ0v) is 14.6. The van der Waals surface area contributed by atoms with E-state index in [9.17, 15) is 19.7 Å². The Labute approximate surface area is 149 Å². The molecular weight excluding hydrogens is 340 g/mol. The van der Waals surface area contributed by atoms with Crippen LogP contribution in [0.25, 0.3) is 0 Å². The molecule has 1 heterocycles. The molecule has 0 spiro atoms. The van der Waals surface area contributed by atoms with Gasteiger partial charge in [0.15, 0.2) is 5.69 Å². The van der Waals surface area contributed by atoms with Crippen LogP contribution in [0.1, 0.15) is 42.7 Å². The van der Waals surface area contributed by atoms with Crippen LogP contribution in [0.2, 0.25) is 0 Å². The molecule has 1 aliphatic carbocycles. The minimum absolute atomic E-state index is 0.0652. The first-order valence-electron chi connectivity index (χ1n) is 8.21. The van der Waals surface area contributed by atoms with Crippen molar-refractivity contribution in [2.75, 3.05) is 6.61 Å². The quantitative estimate of drug-likeness (QED) is 0.338. The van der Waals surface area contributed by atoms with E-state index in [-0.39, 0.29) is 23.7 Å². The maximum atomic E-state index is 12.7. The highest BCUT2D eigenvalue weighted by molar-refractivity contribution is 6.09. The minimum Gasteiger partial charge on any atom is -0.465 e. The lowest BCUT2D eigenvalue weighted by Gasteiger charge is -2.13. The highest BCUT2D eigenvalue weighted by Gasteiger charge is 2.77. The van der Waals surface area contributed by atoms with Crippen molar-refractivity contribution in [3.63, 3.8) is 0 Å². The number of hydrogen-bond acceptors (Lipinski definition) is 7. The molecule has 136 valence electrons. The maximum absolute atomic E-state index is 12.7. The summed E-state index contributed by atoms with van der Waals surface area (Å²) in [6, 6.07) is 8.91. The van der Waals surface area contributed by atoms with Gasteiger partial charge < -0.3 is 9.26 Å². The molecule has 1 aliphatic rings. The second-order valence-electron chi connectivity index (χ2n) is 6.25. The SMILES string of the molecule is CCOC(=O)[C@]1(C(C)=O)[C@H](c2ccccc2)[C@H]1c1onc(C)c1[N+](=O)[O-]. The molecule has 0 unspecified atom stereocenters. The van der Waals surface area contributed by atoms with Crippen molar-refractivity contribution in [3.05, 3.63) is 57.5 Å². The second-order valence-corrected chi connectivity index (χ2v) is 6.25. The van der Waals surface area contributed by atoms with Crippen molar-refractivity contribution < 1.29 is 23.8 Å². The van der Waals surface area contributed by atoms with Crippen molar-refractivity contribution >= 4 is 17.4 Å². The third-order valence-corrected chi connectivity index (χ3v) is 4.88. The molecule has 3 rings (SSSR count). The van der Waals surface area contributed by atoms with Crippen LogP contribution < -0.4 is 0 Å². The van der Waals surface area contributed by atoms with Gasteiger partial charge in [-0.1, -0.05) is 35.5 Å². The van der Waals surface area contributed by atoms with E-state index in [0.29, 0.717) is 5.56 Å². The smallest absolute Gasteiger partial charge is 0.334 e. The van der Waals surface area contributed by atoms with E-state index >= 15 is 0 Å². The number of carbonyl (C=O) groups is 2. The van der Waals surface area contributed by atoms with Crippen LogP contribution in [-0.2, 0) is 14.3 Å². The molecule has 1 saturated carbocycles. The molecule has 0 amide bonds. The molecule has 1 fully saturated rings. The van der Waals surface area contributed by atoms with E-state index < -0.39 is 33.9 Å². The number of ketones is 1. The molecule has 1 aromatic heterocycles. The molecule has 0 radical (unpaired) electrons. The Balaban J connectivity index is 2.19. The number of hydrogen-bond donors (Lipinski definition) is 0. The number of ether oxygens (including phenoxy) is 1.